The number of Topliss-reactive ketones (excluding diaryl/α,β-unsaturated/α-hetero) is 1. The molecule has 2 heterocycles. The summed E-state index contributed by atoms with van der Waals surface area (Å²) in [5, 5.41) is 1.73. The van der Waals surface area contributed by atoms with E-state index in [0.717, 1.165) is 11.5 Å². The first kappa shape index (κ1) is 15.6. The summed E-state index contributed by atoms with van der Waals surface area (Å²) in [6.07, 6.45) is -0.0167. The fraction of sp³-hybridized carbons (Fsp3) is 0.294. The fourth-order valence-corrected chi connectivity index (χ4v) is 3.14. The van der Waals surface area contributed by atoms with Gasteiger partial charge in [0.05, 0.1) is 30.6 Å². The van der Waals surface area contributed by atoms with Gasteiger partial charge in [-0.25, -0.2) is 0 Å². The number of rotatable bonds is 5. The van der Waals surface area contributed by atoms with Crippen LogP contribution in [0.25, 0.3) is 0 Å². The quantitative estimate of drug-likeness (QED) is 0.791. The van der Waals surface area contributed by atoms with E-state index >= 15 is 0 Å². The molecule has 2 aromatic rings. The maximum absolute atomic E-state index is 12.3. The molecule has 0 spiro atoms. The van der Waals surface area contributed by atoms with Gasteiger partial charge in [0.15, 0.2) is 5.78 Å². The second kappa shape index (κ2) is 6.42. The second-order valence-corrected chi connectivity index (χ2v) is 6.30. The van der Waals surface area contributed by atoms with Crippen LogP contribution >= 0.6 is 11.3 Å². The highest BCUT2D eigenvalue weighted by Crippen LogP contribution is 2.24. The molecule has 0 unspecified atom stereocenters. The molecule has 1 aromatic heterocycles. The molecule has 1 aliphatic heterocycles. The molecule has 120 valence electrons. The van der Waals surface area contributed by atoms with Crippen LogP contribution in [0.15, 0.2) is 35.7 Å². The van der Waals surface area contributed by atoms with Crippen LogP contribution in [0.1, 0.15) is 27.0 Å². The minimum atomic E-state index is -0.0563. The second-order valence-electron chi connectivity index (χ2n) is 5.38. The smallest absolute Gasteiger partial charge is 0.254 e. The highest BCUT2D eigenvalue weighted by Gasteiger charge is 2.33. The van der Waals surface area contributed by atoms with Crippen molar-refractivity contribution in [3.63, 3.8) is 0 Å². The standard InChI is InChI=1S/C17H17NO4S/c1-11(19)16-6-12(10-23-16)17(20)18-8-15(9-18)22-14-5-3-4-13(7-14)21-2/h3-7,10,15H,8-9H2,1-2H3. The molecule has 1 fully saturated rings. The maximum atomic E-state index is 12.3. The average molecular weight is 331 g/mol. The van der Waals surface area contributed by atoms with Gasteiger partial charge in [-0.3, -0.25) is 9.59 Å². The largest absolute Gasteiger partial charge is 0.497 e. The van der Waals surface area contributed by atoms with E-state index in [4.69, 9.17) is 9.47 Å². The van der Waals surface area contributed by atoms with Crippen molar-refractivity contribution < 1.29 is 19.1 Å². The summed E-state index contributed by atoms with van der Waals surface area (Å²) in [6.45, 7) is 2.59. The number of methoxy groups -OCH3 is 1. The summed E-state index contributed by atoms with van der Waals surface area (Å²) < 4.78 is 11.0. The van der Waals surface area contributed by atoms with Crippen LogP contribution in [0.4, 0.5) is 0 Å². The maximum Gasteiger partial charge on any atom is 0.254 e. The van der Waals surface area contributed by atoms with Gasteiger partial charge in [0, 0.05) is 11.4 Å². The Bertz CT molecular complexity index is 734. The monoisotopic (exact) mass is 331 g/mol. The van der Waals surface area contributed by atoms with Crippen molar-refractivity contribution >= 4 is 23.0 Å². The number of benzene rings is 1. The number of hydrogen-bond acceptors (Lipinski definition) is 5. The predicted octanol–water partition coefficient (Wildman–Crippen LogP) is 2.86. The van der Waals surface area contributed by atoms with Gasteiger partial charge in [0.1, 0.15) is 17.6 Å². The van der Waals surface area contributed by atoms with E-state index in [1.165, 1.54) is 18.3 Å². The van der Waals surface area contributed by atoms with Gasteiger partial charge < -0.3 is 14.4 Å². The molecule has 0 atom stereocenters. The molecule has 0 aliphatic carbocycles. The molecule has 1 aliphatic rings. The Kier molecular flexibility index (Phi) is 4.34. The first-order chi connectivity index (χ1) is 11.1. The Hall–Kier alpha value is -2.34. The number of nitrogens with zero attached hydrogens (tertiary/aromatic N) is 1. The summed E-state index contributed by atoms with van der Waals surface area (Å²) in [4.78, 5) is 25.9. The number of ether oxygens (including phenoxy) is 2. The van der Waals surface area contributed by atoms with E-state index in [1.54, 1.807) is 23.5 Å². The van der Waals surface area contributed by atoms with E-state index in [-0.39, 0.29) is 17.8 Å². The molecule has 6 heteroatoms. The zero-order valence-electron chi connectivity index (χ0n) is 12.9. The number of hydrogen-bond donors (Lipinski definition) is 0. The topological polar surface area (TPSA) is 55.8 Å². The lowest BCUT2D eigenvalue weighted by Gasteiger charge is -2.38. The normalized spacial score (nSPS) is 14.3. The van der Waals surface area contributed by atoms with Crippen molar-refractivity contribution in [3.8, 4) is 11.5 Å². The van der Waals surface area contributed by atoms with Crippen LogP contribution in [0, 0.1) is 0 Å². The van der Waals surface area contributed by atoms with Crippen molar-refractivity contribution in [2.45, 2.75) is 13.0 Å². The SMILES string of the molecule is COc1cccc(OC2CN(C(=O)c3csc(C(C)=O)c3)C2)c1. The Balaban J connectivity index is 1.55. The zero-order valence-corrected chi connectivity index (χ0v) is 13.8. The molecule has 5 nitrogen and oxygen atoms in total. The highest BCUT2D eigenvalue weighted by atomic mass is 32.1. The van der Waals surface area contributed by atoms with Crippen molar-refractivity contribution in [1.82, 2.24) is 4.90 Å². The number of amides is 1. The lowest BCUT2D eigenvalue weighted by molar-refractivity contribution is 0.0177. The van der Waals surface area contributed by atoms with Crippen molar-refractivity contribution in [1.29, 1.82) is 0 Å². The zero-order chi connectivity index (χ0) is 16.4. The van der Waals surface area contributed by atoms with E-state index in [9.17, 15) is 9.59 Å². The number of carbonyl (C=O) groups excluding carboxylic acids is 2. The Morgan fingerprint density at radius 1 is 1.22 bits per heavy atom. The highest BCUT2D eigenvalue weighted by molar-refractivity contribution is 7.12. The average Bonchev–Trinajstić information content (AvgIpc) is 3.00. The molecule has 1 aromatic carbocycles. The molecule has 1 saturated heterocycles. The van der Waals surface area contributed by atoms with Crippen molar-refractivity contribution in [3.05, 3.63) is 46.2 Å². The molecular weight excluding hydrogens is 314 g/mol. The predicted molar refractivity (Wildman–Crippen MR) is 87.6 cm³/mol. The minimum Gasteiger partial charge on any atom is -0.497 e. The number of ketones is 1. The number of thiophene rings is 1. The third-order valence-corrected chi connectivity index (χ3v) is 4.70. The first-order valence-corrected chi connectivity index (χ1v) is 8.14. The summed E-state index contributed by atoms with van der Waals surface area (Å²) in [6, 6.07) is 9.07. The van der Waals surface area contributed by atoms with Gasteiger partial charge in [-0.1, -0.05) is 6.07 Å². The summed E-state index contributed by atoms with van der Waals surface area (Å²) in [5.41, 5.74) is 0.569. The summed E-state index contributed by atoms with van der Waals surface area (Å²) in [7, 11) is 1.61. The lowest BCUT2D eigenvalue weighted by atomic mass is 10.1. The van der Waals surface area contributed by atoms with Gasteiger partial charge in [0.25, 0.3) is 5.91 Å². The van der Waals surface area contributed by atoms with Gasteiger partial charge in [-0.15, -0.1) is 11.3 Å². The van der Waals surface area contributed by atoms with Gasteiger partial charge >= 0.3 is 0 Å². The Morgan fingerprint density at radius 3 is 2.61 bits per heavy atom. The number of carbonyl (C=O) groups is 2. The first-order valence-electron chi connectivity index (χ1n) is 7.26. The molecule has 3 rings (SSSR count). The van der Waals surface area contributed by atoms with E-state index in [2.05, 4.69) is 0 Å². The van der Waals surface area contributed by atoms with Crippen molar-refractivity contribution in [2.75, 3.05) is 20.2 Å². The third kappa shape index (κ3) is 3.37. The molecule has 0 bridgehead atoms. The third-order valence-electron chi connectivity index (χ3n) is 3.67. The summed E-state index contributed by atoms with van der Waals surface area (Å²) in [5.74, 6) is 1.40. The van der Waals surface area contributed by atoms with Crippen LogP contribution in [-0.4, -0.2) is 42.9 Å². The van der Waals surface area contributed by atoms with Gasteiger partial charge in [-0.05, 0) is 25.1 Å². The molecule has 0 saturated carbocycles. The molecular formula is C17H17NO4S. The Morgan fingerprint density at radius 2 is 1.96 bits per heavy atom. The van der Waals surface area contributed by atoms with Crippen LogP contribution < -0.4 is 9.47 Å². The Labute approximate surface area is 138 Å². The van der Waals surface area contributed by atoms with Crippen LogP contribution in [0.2, 0.25) is 0 Å². The van der Waals surface area contributed by atoms with E-state index in [0.29, 0.717) is 23.5 Å². The van der Waals surface area contributed by atoms with E-state index in [1.807, 2.05) is 24.3 Å². The lowest BCUT2D eigenvalue weighted by Crippen LogP contribution is -2.56. The summed E-state index contributed by atoms with van der Waals surface area (Å²) >= 11 is 1.30. The van der Waals surface area contributed by atoms with Crippen molar-refractivity contribution in [2.24, 2.45) is 0 Å². The van der Waals surface area contributed by atoms with Gasteiger partial charge in [0.2, 0.25) is 0 Å². The van der Waals surface area contributed by atoms with Crippen LogP contribution in [-0.2, 0) is 0 Å². The van der Waals surface area contributed by atoms with Crippen LogP contribution in [0.3, 0.4) is 0 Å². The van der Waals surface area contributed by atoms with Gasteiger partial charge in [-0.2, -0.15) is 0 Å². The molecule has 0 radical (unpaired) electrons. The number of likely N-dealkylation sites (tertiary alicyclic amines) is 1. The molecule has 1 amide bonds. The van der Waals surface area contributed by atoms with E-state index < -0.39 is 0 Å². The molecule has 0 N–H and O–H groups in total. The molecule has 23 heavy (non-hydrogen) atoms. The van der Waals surface area contributed by atoms with Crippen LogP contribution in [0.5, 0.6) is 11.5 Å². The fourth-order valence-electron chi connectivity index (χ4n) is 2.36. The minimum absolute atomic E-state index is 0.0167.